The van der Waals surface area contributed by atoms with Crippen molar-refractivity contribution in [2.45, 2.75) is 12.4 Å². The fraction of sp³-hybridized carbons (Fsp3) is 0.188. The predicted octanol–water partition coefficient (Wildman–Crippen LogP) is 4.34. The van der Waals surface area contributed by atoms with Gasteiger partial charge in [0, 0.05) is 18.1 Å². The number of halogens is 6. The minimum atomic E-state index is -4.89. The van der Waals surface area contributed by atoms with Gasteiger partial charge in [-0.05, 0) is 30.3 Å². The van der Waals surface area contributed by atoms with Gasteiger partial charge in [-0.25, -0.2) is 9.97 Å². The second kappa shape index (κ2) is 5.44. The van der Waals surface area contributed by atoms with Crippen LogP contribution in [0.2, 0.25) is 0 Å². The summed E-state index contributed by atoms with van der Waals surface area (Å²) in [5.74, 6) is -1.35. The first-order valence-corrected chi connectivity index (χ1v) is 7.52. The lowest BCUT2D eigenvalue weighted by molar-refractivity contribution is -0.145. The number of imidazole rings is 1. The molecule has 0 fully saturated rings. The molecule has 3 aromatic heterocycles. The van der Waals surface area contributed by atoms with Gasteiger partial charge in [0.05, 0.1) is 11.7 Å². The van der Waals surface area contributed by atoms with E-state index in [4.69, 9.17) is 0 Å². The number of aryl methyl sites for hydroxylation is 1. The second-order valence-corrected chi connectivity index (χ2v) is 5.82. The Morgan fingerprint density at radius 1 is 0.889 bits per heavy atom. The Morgan fingerprint density at radius 2 is 1.63 bits per heavy atom. The van der Waals surface area contributed by atoms with Gasteiger partial charge in [-0.15, -0.1) is 0 Å². The first-order valence-electron chi connectivity index (χ1n) is 7.52. The predicted molar refractivity (Wildman–Crippen MR) is 83.1 cm³/mol. The molecule has 0 spiro atoms. The first kappa shape index (κ1) is 17.3. The van der Waals surface area contributed by atoms with E-state index < -0.39 is 29.5 Å². The normalized spacial score (nSPS) is 13.0. The lowest BCUT2D eigenvalue weighted by atomic mass is 10.2. The Morgan fingerprint density at radius 3 is 2.30 bits per heavy atom. The SMILES string of the molecule is Cn1ncc2cc(-n3c(C(F)(F)F)nc4ccc(C(F)(F)F)nc43)ccc21. The maximum absolute atomic E-state index is 13.5. The third-order valence-corrected chi connectivity index (χ3v) is 4.04. The summed E-state index contributed by atoms with van der Waals surface area (Å²) in [5, 5.41) is 4.53. The van der Waals surface area contributed by atoms with Gasteiger partial charge >= 0.3 is 12.4 Å². The molecule has 11 heteroatoms. The monoisotopic (exact) mass is 385 g/mol. The van der Waals surface area contributed by atoms with Gasteiger partial charge in [-0.3, -0.25) is 9.25 Å². The molecule has 0 saturated carbocycles. The van der Waals surface area contributed by atoms with E-state index in [0.29, 0.717) is 21.5 Å². The van der Waals surface area contributed by atoms with E-state index in [1.165, 1.54) is 29.1 Å². The van der Waals surface area contributed by atoms with Crippen molar-refractivity contribution in [3.63, 3.8) is 0 Å². The minimum Gasteiger partial charge on any atom is -0.273 e. The lowest BCUT2D eigenvalue weighted by Crippen LogP contribution is -2.14. The third-order valence-electron chi connectivity index (χ3n) is 4.04. The van der Waals surface area contributed by atoms with Crippen molar-refractivity contribution in [2.24, 2.45) is 7.05 Å². The quantitative estimate of drug-likeness (QED) is 0.458. The number of benzene rings is 1. The van der Waals surface area contributed by atoms with Gasteiger partial charge in [0.25, 0.3) is 0 Å². The summed E-state index contributed by atoms with van der Waals surface area (Å²) < 4.78 is 81.5. The molecule has 0 aliphatic rings. The van der Waals surface area contributed by atoms with Crippen LogP contribution < -0.4 is 0 Å². The van der Waals surface area contributed by atoms with Crippen molar-refractivity contribution in [3.8, 4) is 5.69 Å². The van der Waals surface area contributed by atoms with Gasteiger partial charge in [0.2, 0.25) is 5.82 Å². The highest BCUT2D eigenvalue weighted by Crippen LogP contribution is 2.35. The molecule has 140 valence electrons. The molecule has 0 saturated heterocycles. The van der Waals surface area contributed by atoms with E-state index in [0.717, 1.165) is 6.07 Å². The summed E-state index contributed by atoms with van der Waals surface area (Å²) in [6.45, 7) is 0. The zero-order chi connectivity index (χ0) is 19.6. The molecule has 0 radical (unpaired) electrons. The van der Waals surface area contributed by atoms with E-state index in [-0.39, 0.29) is 11.2 Å². The number of aromatic nitrogens is 5. The molecule has 5 nitrogen and oxygen atoms in total. The van der Waals surface area contributed by atoms with Gasteiger partial charge in [-0.2, -0.15) is 31.4 Å². The molecule has 0 N–H and O–H groups in total. The van der Waals surface area contributed by atoms with Crippen molar-refractivity contribution in [1.29, 1.82) is 0 Å². The molecular weight excluding hydrogens is 376 g/mol. The average Bonchev–Trinajstić information content (AvgIpc) is 3.14. The number of fused-ring (bicyclic) bond motifs is 2. The Hall–Kier alpha value is -3.11. The van der Waals surface area contributed by atoms with Crippen LogP contribution in [0.1, 0.15) is 11.5 Å². The molecule has 4 aromatic rings. The summed E-state index contributed by atoms with van der Waals surface area (Å²) >= 11 is 0. The molecule has 0 amide bonds. The maximum Gasteiger partial charge on any atom is 0.450 e. The molecule has 0 aliphatic heterocycles. The topological polar surface area (TPSA) is 48.5 Å². The van der Waals surface area contributed by atoms with Crippen LogP contribution in [0.15, 0.2) is 36.5 Å². The highest BCUT2D eigenvalue weighted by molar-refractivity contribution is 5.82. The fourth-order valence-corrected chi connectivity index (χ4v) is 2.84. The van der Waals surface area contributed by atoms with Gasteiger partial charge in [0.1, 0.15) is 11.2 Å². The molecule has 0 atom stereocenters. The first-order chi connectivity index (χ1) is 12.6. The van der Waals surface area contributed by atoms with Gasteiger partial charge in [-0.1, -0.05) is 0 Å². The van der Waals surface area contributed by atoms with Gasteiger partial charge in [0.15, 0.2) is 5.65 Å². The maximum atomic E-state index is 13.5. The van der Waals surface area contributed by atoms with Crippen molar-refractivity contribution >= 4 is 22.1 Å². The highest BCUT2D eigenvalue weighted by atomic mass is 19.4. The molecule has 3 heterocycles. The van der Waals surface area contributed by atoms with E-state index in [1.807, 2.05) is 0 Å². The molecule has 1 aromatic carbocycles. The Balaban J connectivity index is 2.05. The third kappa shape index (κ3) is 2.78. The van der Waals surface area contributed by atoms with Crippen LogP contribution in [0, 0.1) is 0 Å². The van der Waals surface area contributed by atoms with Crippen molar-refractivity contribution in [3.05, 3.63) is 48.0 Å². The Bertz CT molecular complexity index is 1170. The summed E-state index contributed by atoms with van der Waals surface area (Å²) in [5.41, 5.74) is -1.48. The second-order valence-electron chi connectivity index (χ2n) is 5.82. The van der Waals surface area contributed by atoms with Crippen molar-refractivity contribution in [1.82, 2.24) is 24.3 Å². The standard InChI is InChI=1S/C16H9F6N5/c1-26-11-4-2-9(6-8(11)7-23-26)27-13-10(24-14(27)16(20,21)22)3-5-12(25-13)15(17,18)19/h2-7H,1H3. The van der Waals surface area contributed by atoms with Crippen LogP contribution in [-0.4, -0.2) is 24.3 Å². The number of alkyl halides is 6. The Kier molecular flexibility index (Phi) is 3.49. The molecule has 27 heavy (non-hydrogen) atoms. The molecule has 0 unspecified atom stereocenters. The number of hydrogen-bond donors (Lipinski definition) is 0. The van der Waals surface area contributed by atoms with Crippen LogP contribution in [0.5, 0.6) is 0 Å². The molecular formula is C16H9F6N5. The number of nitrogens with zero attached hydrogens (tertiary/aromatic N) is 5. The smallest absolute Gasteiger partial charge is 0.273 e. The van der Waals surface area contributed by atoms with Gasteiger partial charge < -0.3 is 0 Å². The highest BCUT2D eigenvalue weighted by Gasteiger charge is 2.39. The summed E-state index contributed by atoms with van der Waals surface area (Å²) in [7, 11) is 1.66. The number of hydrogen-bond acceptors (Lipinski definition) is 3. The number of rotatable bonds is 1. The lowest BCUT2D eigenvalue weighted by Gasteiger charge is -2.12. The zero-order valence-corrected chi connectivity index (χ0v) is 13.5. The number of pyridine rings is 1. The van der Waals surface area contributed by atoms with Crippen LogP contribution >= 0.6 is 0 Å². The summed E-state index contributed by atoms with van der Waals surface area (Å²) in [6, 6.07) is 5.74. The van der Waals surface area contributed by atoms with E-state index in [1.54, 1.807) is 7.05 Å². The molecule has 4 rings (SSSR count). The van der Waals surface area contributed by atoms with Crippen LogP contribution in [0.3, 0.4) is 0 Å². The largest absolute Gasteiger partial charge is 0.450 e. The summed E-state index contributed by atoms with van der Waals surface area (Å²) in [6.07, 6.45) is -8.24. The van der Waals surface area contributed by atoms with Crippen LogP contribution in [-0.2, 0) is 19.4 Å². The van der Waals surface area contributed by atoms with Crippen molar-refractivity contribution < 1.29 is 26.3 Å². The van der Waals surface area contributed by atoms with Crippen LogP contribution in [0.4, 0.5) is 26.3 Å². The van der Waals surface area contributed by atoms with Crippen molar-refractivity contribution in [2.75, 3.05) is 0 Å². The van der Waals surface area contributed by atoms with E-state index in [2.05, 4.69) is 15.1 Å². The minimum absolute atomic E-state index is 0.0165. The summed E-state index contributed by atoms with van der Waals surface area (Å²) in [4.78, 5) is 6.85. The average molecular weight is 385 g/mol. The Labute approximate surface area is 146 Å². The fourth-order valence-electron chi connectivity index (χ4n) is 2.84. The van der Waals surface area contributed by atoms with E-state index in [9.17, 15) is 26.3 Å². The van der Waals surface area contributed by atoms with Crippen LogP contribution in [0.25, 0.3) is 27.8 Å². The molecule has 0 aliphatic carbocycles. The van der Waals surface area contributed by atoms with E-state index >= 15 is 0 Å². The zero-order valence-electron chi connectivity index (χ0n) is 13.5. The molecule has 0 bridgehead atoms.